The number of hydrogen-bond donors (Lipinski definition) is 3. The van der Waals surface area contributed by atoms with Crippen LogP contribution in [-0.2, 0) is 10.1 Å². The maximum atomic E-state index is 10.3. The van der Waals surface area contributed by atoms with Gasteiger partial charge in [-0.3, -0.25) is 9.45 Å². The van der Waals surface area contributed by atoms with Gasteiger partial charge >= 0.3 is 0 Å². The highest BCUT2D eigenvalue weighted by atomic mass is 35.5. The van der Waals surface area contributed by atoms with E-state index in [0.717, 1.165) is 0 Å². The molecular weight excluding hydrogens is 234 g/mol. The lowest BCUT2D eigenvalue weighted by Gasteiger charge is -2.18. The fourth-order valence-electron chi connectivity index (χ4n) is 0.863. The molecule has 0 saturated carbocycles. The Balaban J connectivity index is 0. The van der Waals surface area contributed by atoms with Crippen molar-refractivity contribution in [2.24, 2.45) is 0 Å². The number of aliphatic hydroxyl groups excluding tert-OH is 2. The topological polar surface area (TPSA) is 98.1 Å². The number of hydrogen-bond acceptors (Lipinski definition) is 5. The van der Waals surface area contributed by atoms with Crippen molar-refractivity contribution < 1.29 is 23.2 Å². The van der Waals surface area contributed by atoms with Gasteiger partial charge in [-0.05, 0) is 0 Å². The normalized spacial score (nSPS) is 11.4. The summed E-state index contributed by atoms with van der Waals surface area (Å²) in [5.74, 6) is -0.382. The molecule has 88 valence electrons. The minimum atomic E-state index is -3.96. The first-order valence-electron chi connectivity index (χ1n) is 3.89. The van der Waals surface area contributed by atoms with E-state index in [1.807, 2.05) is 0 Å². The van der Waals surface area contributed by atoms with Crippen LogP contribution in [0.1, 0.15) is 0 Å². The molecule has 14 heavy (non-hydrogen) atoms. The third kappa shape index (κ3) is 10.2. The standard InChI is InChI=1S/C6H15NO5S.ClH/c8-4-1-7(2-5-9)3-6-13(10,11)12;/h8-9H,1-6H2,(H,10,11,12);1H. The molecule has 0 atom stereocenters. The molecule has 0 aliphatic heterocycles. The molecule has 0 spiro atoms. The zero-order chi connectivity index (χ0) is 10.3. The van der Waals surface area contributed by atoms with Crippen molar-refractivity contribution in [1.29, 1.82) is 0 Å². The van der Waals surface area contributed by atoms with Crippen LogP contribution in [0.3, 0.4) is 0 Å². The van der Waals surface area contributed by atoms with Gasteiger partial charge in [-0.1, -0.05) is 0 Å². The van der Waals surface area contributed by atoms with Crippen LogP contribution >= 0.6 is 12.4 Å². The highest BCUT2D eigenvalue weighted by Crippen LogP contribution is 1.90. The summed E-state index contributed by atoms with van der Waals surface area (Å²) in [6.45, 7) is 0.475. The highest BCUT2D eigenvalue weighted by Gasteiger charge is 2.09. The van der Waals surface area contributed by atoms with Gasteiger partial charge in [0.15, 0.2) is 0 Å². The summed E-state index contributed by atoms with van der Waals surface area (Å²) >= 11 is 0. The minimum absolute atomic E-state index is 0. The molecule has 0 aromatic heterocycles. The Morgan fingerprint density at radius 3 is 1.71 bits per heavy atom. The van der Waals surface area contributed by atoms with Gasteiger partial charge < -0.3 is 10.2 Å². The van der Waals surface area contributed by atoms with E-state index in [0.29, 0.717) is 0 Å². The maximum Gasteiger partial charge on any atom is 0.266 e. The summed E-state index contributed by atoms with van der Waals surface area (Å²) in [5.41, 5.74) is 0. The van der Waals surface area contributed by atoms with E-state index in [4.69, 9.17) is 14.8 Å². The van der Waals surface area contributed by atoms with Crippen LogP contribution < -0.4 is 0 Å². The van der Waals surface area contributed by atoms with Gasteiger partial charge in [0.05, 0.1) is 19.0 Å². The minimum Gasteiger partial charge on any atom is -0.395 e. The SMILES string of the molecule is Cl.O=S(=O)(O)CCN(CCO)CCO. The fraction of sp³-hybridized carbons (Fsp3) is 1.00. The molecular formula is C6H16ClNO5S. The van der Waals surface area contributed by atoms with Crippen LogP contribution in [0.25, 0.3) is 0 Å². The molecule has 0 rings (SSSR count). The molecule has 0 aliphatic rings. The van der Waals surface area contributed by atoms with E-state index in [9.17, 15) is 8.42 Å². The Morgan fingerprint density at radius 1 is 1.00 bits per heavy atom. The third-order valence-electron chi connectivity index (χ3n) is 1.50. The number of rotatable bonds is 7. The molecule has 0 aromatic carbocycles. The zero-order valence-electron chi connectivity index (χ0n) is 7.66. The Kier molecular flexibility index (Phi) is 9.90. The first kappa shape index (κ1) is 16.5. The fourth-order valence-corrected chi connectivity index (χ4v) is 1.35. The first-order valence-corrected chi connectivity index (χ1v) is 5.49. The van der Waals surface area contributed by atoms with Gasteiger partial charge in [0.25, 0.3) is 10.1 Å². The Labute approximate surface area is 89.7 Å². The van der Waals surface area contributed by atoms with Gasteiger partial charge in [0.2, 0.25) is 0 Å². The van der Waals surface area contributed by atoms with E-state index < -0.39 is 10.1 Å². The summed E-state index contributed by atoms with van der Waals surface area (Å²) in [7, 11) is -3.96. The van der Waals surface area contributed by atoms with E-state index in [2.05, 4.69) is 0 Å². The smallest absolute Gasteiger partial charge is 0.266 e. The number of aliphatic hydroxyl groups is 2. The predicted octanol–water partition coefficient (Wildman–Crippen LogP) is -1.42. The molecule has 0 heterocycles. The number of halogens is 1. The molecule has 0 saturated heterocycles. The average Bonchev–Trinajstić information content (AvgIpc) is 2.00. The molecule has 0 aliphatic carbocycles. The third-order valence-corrected chi connectivity index (χ3v) is 2.20. The van der Waals surface area contributed by atoms with E-state index in [1.54, 1.807) is 4.90 Å². The highest BCUT2D eigenvalue weighted by molar-refractivity contribution is 7.85. The van der Waals surface area contributed by atoms with Crippen LogP contribution in [0, 0.1) is 0 Å². The van der Waals surface area contributed by atoms with Gasteiger partial charge in [-0.2, -0.15) is 8.42 Å². The molecule has 0 unspecified atom stereocenters. The first-order chi connectivity index (χ1) is 5.99. The summed E-state index contributed by atoms with van der Waals surface area (Å²) < 4.78 is 29.1. The lowest BCUT2D eigenvalue weighted by Crippen LogP contribution is -2.34. The summed E-state index contributed by atoms with van der Waals surface area (Å²) in [6.07, 6.45) is 0. The Hall–Kier alpha value is 0.0800. The van der Waals surface area contributed by atoms with Gasteiger partial charge in [-0.15, -0.1) is 12.4 Å². The second-order valence-electron chi connectivity index (χ2n) is 2.57. The van der Waals surface area contributed by atoms with Crippen molar-refractivity contribution in [2.75, 3.05) is 38.6 Å². The second-order valence-corrected chi connectivity index (χ2v) is 4.15. The largest absolute Gasteiger partial charge is 0.395 e. The van der Waals surface area contributed by atoms with Crippen LogP contribution in [0.15, 0.2) is 0 Å². The van der Waals surface area contributed by atoms with Crippen molar-refractivity contribution in [3.63, 3.8) is 0 Å². The van der Waals surface area contributed by atoms with Crippen LogP contribution in [-0.4, -0.2) is 66.7 Å². The lowest BCUT2D eigenvalue weighted by atomic mass is 10.5. The van der Waals surface area contributed by atoms with Crippen LogP contribution in [0.5, 0.6) is 0 Å². The molecule has 6 nitrogen and oxygen atoms in total. The summed E-state index contributed by atoms with van der Waals surface area (Å²) in [5, 5.41) is 17.1. The maximum absolute atomic E-state index is 10.3. The van der Waals surface area contributed by atoms with Gasteiger partial charge in [-0.25, -0.2) is 0 Å². The monoisotopic (exact) mass is 249 g/mol. The van der Waals surface area contributed by atoms with Crippen molar-refractivity contribution in [2.45, 2.75) is 0 Å². The predicted molar refractivity (Wildman–Crippen MR) is 54.3 cm³/mol. The van der Waals surface area contributed by atoms with Gasteiger partial charge in [0.1, 0.15) is 0 Å². The quantitative estimate of drug-likeness (QED) is 0.479. The van der Waals surface area contributed by atoms with E-state index in [1.165, 1.54) is 0 Å². The van der Waals surface area contributed by atoms with E-state index in [-0.39, 0.29) is 51.0 Å². The molecule has 8 heteroatoms. The van der Waals surface area contributed by atoms with Crippen LogP contribution in [0.2, 0.25) is 0 Å². The average molecular weight is 250 g/mol. The van der Waals surface area contributed by atoms with Crippen molar-refractivity contribution >= 4 is 22.5 Å². The molecule has 0 fully saturated rings. The van der Waals surface area contributed by atoms with Gasteiger partial charge in [0, 0.05) is 19.6 Å². The van der Waals surface area contributed by atoms with Crippen molar-refractivity contribution in [3.05, 3.63) is 0 Å². The lowest BCUT2D eigenvalue weighted by molar-refractivity contribution is 0.166. The Morgan fingerprint density at radius 2 is 1.43 bits per heavy atom. The number of nitrogens with zero attached hydrogens (tertiary/aromatic N) is 1. The second kappa shape index (κ2) is 8.39. The molecule has 0 bridgehead atoms. The molecule has 0 radical (unpaired) electrons. The molecule has 0 amide bonds. The molecule has 3 N–H and O–H groups in total. The van der Waals surface area contributed by atoms with E-state index >= 15 is 0 Å². The van der Waals surface area contributed by atoms with Crippen molar-refractivity contribution in [1.82, 2.24) is 4.90 Å². The molecule has 0 aromatic rings. The van der Waals surface area contributed by atoms with Crippen LogP contribution in [0.4, 0.5) is 0 Å². The zero-order valence-corrected chi connectivity index (χ0v) is 9.30. The summed E-state index contributed by atoms with van der Waals surface area (Å²) in [6, 6.07) is 0. The Bertz CT molecular complexity index is 214. The van der Waals surface area contributed by atoms with Crippen molar-refractivity contribution in [3.8, 4) is 0 Å². The summed E-state index contributed by atoms with van der Waals surface area (Å²) in [4.78, 5) is 1.55.